The first-order valence-corrected chi connectivity index (χ1v) is 5.13. The molecule has 0 aliphatic heterocycles. The van der Waals surface area contributed by atoms with Crippen LogP contribution >= 0.6 is 15.9 Å². The van der Waals surface area contributed by atoms with E-state index in [0.717, 1.165) is 4.47 Å². The third-order valence-electron chi connectivity index (χ3n) is 2.01. The van der Waals surface area contributed by atoms with Gasteiger partial charge in [0.1, 0.15) is 17.6 Å². The standard InChI is InChI=1S/C10H13BrO4/c1-14-8-3-6(11)4-9(15-2)10(8)7(13)5-12/h3-4,7,12-13H,5H2,1-2H3. The van der Waals surface area contributed by atoms with Gasteiger partial charge in [-0.25, -0.2) is 0 Å². The van der Waals surface area contributed by atoms with Crippen LogP contribution in [-0.4, -0.2) is 31.0 Å². The van der Waals surface area contributed by atoms with Gasteiger partial charge in [-0.1, -0.05) is 15.9 Å². The zero-order valence-corrected chi connectivity index (χ0v) is 10.1. The summed E-state index contributed by atoms with van der Waals surface area (Å²) in [7, 11) is 2.99. The number of aliphatic hydroxyl groups is 2. The van der Waals surface area contributed by atoms with E-state index in [1.165, 1.54) is 14.2 Å². The summed E-state index contributed by atoms with van der Waals surface area (Å²) in [5, 5.41) is 18.5. The van der Waals surface area contributed by atoms with Crippen LogP contribution in [-0.2, 0) is 0 Å². The molecule has 0 saturated heterocycles. The molecule has 4 nitrogen and oxygen atoms in total. The van der Waals surface area contributed by atoms with Crippen molar-refractivity contribution < 1.29 is 19.7 Å². The molecule has 1 atom stereocenters. The molecule has 1 rings (SSSR count). The molecule has 1 unspecified atom stereocenters. The molecule has 0 saturated carbocycles. The Balaban J connectivity index is 3.30. The Kier molecular flexibility index (Phi) is 4.38. The van der Waals surface area contributed by atoms with Crippen molar-refractivity contribution >= 4 is 15.9 Å². The molecular formula is C10H13BrO4. The quantitative estimate of drug-likeness (QED) is 0.875. The first kappa shape index (κ1) is 12.3. The van der Waals surface area contributed by atoms with E-state index in [9.17, 15) is 5.11 Å². The molecule has 2 N–H and O–H groups in total. The second kappa shape index (κ2) is 5.34. The molecule has 0 amide bonds. The highest BCUT2D eigenvalue weighted by atomic mass is 79.9. The molecule has 0 aliphatic carbocycles. The van der Waals surface area contributed by atoms with Crippen LogP contribution in [0.1, 0.15) is 11.7 Å². The van der Waals surface area contributed by atoms with Gasteiger partial charge >= 0.3 is 0 Å². The normalized spacial score (nSPS) is 12.3. The van der Waals surface area contributed by atoms with Gasteiger partial charge in [0.25, 0.3) is 0 Å². The summed E-state index contributed by atoms with van der Waals surface area (Å²) < 4.78 is 11.0. The molecule has 0 aliphatic rings. The maximum Gasteiger partial charge on any atom is 0.129 e. The van der Waals surface area contributed by atoms with Gasteiger partial charge < -0.3 is 19.7 Å². The molecule has 5 heteroatoms. The van der Waals surface area contributed by atoms with Crippen LogP contribution in [0.25, 0.3) is 0 Å². The summed E-state index contributed by atoms with van der Waals surface area (Å²) in [5.41, 5.74) is 0.450. The molecular weight excluding hydrogens is 264 g/mol. The first-order chi connectivity index (χ1) is 7.13. The van der Waals surface area contributed by atoms with Crippen LogP contribution in [0.4, 0.5) is 0 Å². The minimum Gasteiger partial charge on any atom is -0.496 e. The van der Waals surface area contributed by atoms with E-state index < -0.39 is 6.10 Å². The molecule has 84 valence electrons. The van der Waals surface area contributed by atoms with Crippen molar-refractivity contribution in [2.45, 2.75) is 6.10 Å². The third-order valence-corrected chi connectivity index (χ3v) is 2.47. The summed E-state index contributed by atoms with van der Waals surface area (Å²) in [6, 6.07) is 3.41. The maximum absolute atomic E-state index is 9.62. The Morgan fingerprint density at radius 3 is 2.07 bits per heavy atom. The molecule has 0 fully saturated rings. The van der Waals surface area contributed by atoms with Gasteiger partial charge in [0, 0.05) is 4.47 Å². The molecule has 15 heavy (non-hydrogen) atoms. The zero-order chi connectivity index (χ0) is 11.4. The average Bonchev–Trinajstić information content (AvgIpc) is 2.26. The van der Waals surface area contributed by atoms with Gasteiger partial charge in [-0.15, -0.1) is 0 Å². The smallest absolute Gasteiger partial charge is 0.129 e. The van der Waals surface area contributed by atoms with Gasteiger partial charge in [-0.05, 0) is 12.1 Å². The summed E-state index contributed by atoms with van der Waals surface area (Å²) in [6.45, 7) is -0.381. The Morgan fingerprint density at radius 2 is 1.73 bits per heavy atom. The lowest BCUT2D eigenvalue weighted by molar-refractivity contribution is 0.0909. The highest BCUT2D eigenvalue weighted by molar-refractivity contribution is 9.10. The highest BCUT2D eigenvalue weighted by Gasteiger charge is 2.18. The zero-order valence-electron chi connectivity index (χ0n) is 8.53. The van der Waals surface area contributed by atoms with Crippen molar-refractivity contribution in [1.82, 2.24) is 0 Å². The predicted octanol–water partition coefficient (Wildman–Crippen LogP) is 1.49. The number of aliphatic hydroxyl groups excluding tert-OH is 2. The van der Waals surface area contributed by atoms with Gasteiger partial charge in [0.05, 0.1) is 26.4 Å². The van der Waals surface area contributed by atoms with E-state index in [2.05, 4.69) is 15.9 Å². The van der Waals surface area contributed by atoms with Crippen LogP contribution in [0.5, 0.6) is 11.5 Å². The fraction of sp³-hybridized carbons (Fsp3) is 0.400. The van der Waals surface area contributed by atoms with E-state index in [4.69, 9.17) is 14.6 Å². The van der Waals surface area contributed by atoms with Crippen LogP contribution in [0, 0.1) is 0 Å². The summed E-state index contributed by atoms with van der Waals surface area (Å²) >= 11 is 3.30. The van der Waals surface area contributed by atoms with Crippen molar-refractivity contribution in [2.24, 2.45) is 0 Å². The largest absolute Gasteiger partial charge is 0.496 e. The molecule has 1 aromatic rings. The van der Waals surface area contributed by atoms with Crippen molar-refractivity contribution in [3.8, 4) is 11.5 Å². The number of hydrogen-bond acceptors (Lipinski definition) is 4. The third kappa shape index (κ3) is 2.62. The lowest BCUT2D eigenvalue weighted by atomic mass is 10.1. The maximum atomic E-state index is 9.62. The van der Waals surface area contributed by atoms with Gasteiger partial charge in [0.15, 0.2) is 0 Å². The summed E-state index contributed by atoms with van der Waals surface area (Å²) in [4.78, 5) is 0. The lowest BCUT2D eigenvalue weighted by Gasteiger charge is -2.16. The minimum absolute atomic E-state index is 0.381. The molecule has 0 heterocycles. The Hall–Kier alpha value is -0.780. The molecule has 0 spiro atoms. The van der Waals surface area contributed by atoms with Gasteiger partial charge in [-0.2, -0.15) is 0 Å². The number of hydrogen-bond donors (Lipinski definition) is 2. The fourth-order valence-corrected chi connectivity index (χ4v) is 1.74. The number of rotatable bonds is 4. The van der Waals surface area contributed by atoms with Crippen LogP contribution in [0.3, 0.4) is 0 Å². The second-order valence-corrected chi connectivity index (χ2v) is 3.84. The van der Waals surface area contributed by atoms with E-state index in [1.807, 2.05) is 0 Å². The van der Waals surface area contributed by atoms with Crippen LogP contribution in [0.2, 0.25) is 0 Å². The Morgan fingerprint density at radius 1 is 1.27 bits per heavy atom. The fourth-order valence-electron chi connectivity index (χ4n) is 1.33. The van der Waals surface area contributed by atoms with E-state index in [-0.39, 0.29) is 6.61 Å². The highest BCUT2D eigenvalue weighted by Crippen LogP contribution is 2.37. The molecule has 1 aromatic carbocycles. The summed E-state index contributed by atoms with van der Waals surface area (Å²) in [5.74, 6) is 0.950. The monoisotopic (exact) mass is 276 g/mol. The van der Waals surface area contributed by atoms with E-state index in [1.54, 1.807) is 12.1 Å². The van der Waals surface area contributed by atoms with Crippen molar-refractivity contribution in [3.63, 3.8) is 0 Å². The Bertz CT molecular complexity index is 315. The number of benzene rings is 1. The SMILES string of the molecule is COc1cc(Br)cc(OC)c1C(O)CO. The van der Waals surface area contributed by atoms with Crippen molar-refractivity contribution in [1.29, 1.82) is 0 Å². The number of methoxy groups -OCH3 is 2. The first-order valence-electron chi connectivity index (χ1n) is 4.34. The molecule has 0 aromatic heterocycles. The van der Waals surface area contributed by atoms with Crippen molar-refractivity contribution in [2.75, 3.05) is 20.8 Å². The summed E-state index contributed by atoms with van der Waals surface area (Å²) in [6.07, 6.45) is -1.01. The van der Waals surface area contributed by atoms with Crippen LogP contribution in [0.15, 0.2) is 16.6 Å². The average molecular weight is 277 g/mol. The van der Waals surface area contributed by atoms with E-state index >= 15 is 0 Å². The van der Waals surface area contributed by atoms with Crippen molar-refractivity contribution in [3.05, 3.63) is 22.2 Å². The minimum atomic E-state index is -1.01. The number of ether oxygens (including phenoxy) is 2. The number of halogens is 1. The van der Waals surface area contributed by atoms with E-state index in [0.29, 0.717) is 17.1 Å². The predicted molar refractivity (Wildman–Crippen MR) is 59.3 cm³/mol. The van der Waals surface area contributed by atoms with Crippen LogP contribution < -0.4 is 9.47 Å². The lowest BCUT2D eigenvalue weighted by Crippen LogP contribution is -2.07. The Labute approximate surface area is 96.6 Å². The topological polar surface area (TPSA) is 58.9 Å². The second-order valence-electron chi connectivity index (χ2n) is 2.92. The molecule has 0 radical (unpaired) electrons. The van der Waals surface area contributed by atoms with Gasteiger partial charge in [0.2, 0.25) is 0 Å². The molecule has 0 bridgehead atoms. The van der Waals surface area contributed by atoms with Gasteiger partial charge in [-0.3, -0.25) is 0 Å².